The second kappa shape index (κ2) is 7.55. The molecule has 1 aliphatic rings. The Balaban J connectivity index is 0.00000162. The summed E-state index contributed by atoms with van der Waals surface area (Å²) in [5.41, 5.74) is 6.00. The summed E-state index contributed by atoms with van der Waals surface area (Å²) in [6.45, 7) is 4.98. The molecule has 2 N–H and O–H groups in total. The second-order valence-corrected chi connectivity index (χ2v) is 6.35. The lowest BCUT2D eigenvalue weighted by Gasteiger charge is -2.30. The van der Waals surface area contributed by atoms with Crippen molar-refractivity contribution in [2.24, 2.45) is 16.6 Å². The zero-order chi connectivity index (χ0) is 12.3. The van der Waals surface area contributed by atoms with E-state index in [0.29, 0.717) is 12.5 Å². The average Bonchev–Trinajstić information content (AvgIpc) is 2.73. The van der Waals surface area contributed by atoms with Gasteiger partial charge >= 0.3 is 0 Å². The Morgan fingerprint density at radius 1 is 1.50 bits per heavy atom. The lowest BCUT2D eigenvalue weighted by atomic mass is 10.00. The highest BCUT2D eigenvalue weighted by atomic mass is 127. The third-order valence-corrected chi connectivity index (χ3v) is 4.35. The van der Waals surface area contributed by atoms with Crippen molar-refractivity contribution < 1.29 is 0 Å². The van der Waals surface area contributed by atoms with Gasteiger partial charge in [0.15, 0.2) is 5.96 Å². The van der Waals surface area contributed by atoms with Crippen LogP contribution in [0.2, 0.25) is 4.34 Å². The van der Waals surface area contributed by atoms with Gasteiger partial charge in [0.2, 0.25) is 0 Å². The molecule has 1 aromatic rings. The first-order valence-corrected chi connectivity index (χ1v) is 7.13. The van der Waals surface area contributed by atoms with Crippen molar-refractivity contribution in [3.63, 3.8) is 0 Å². The Hall–Kier alpha value is -0.0100. The molecule has 1 fully saturated rings. The van der Waals surface area contributed by atoms with Crippen LogP contribution in [-0.4, -0.2) is 23.9 Å². The van der Waals surface area contributed by atoms with Crippen molar-refractivity contribution in [1.29, 1.82) is 0 Å². The van der Waals surface area contributed by atoms with Gasteiger partial charge in [-0.3, -0.25) is 0 Å². The number of rotatable bonds is 2. The summed E-state index contributed by atoms with van der Waals surface area (Å²) in [5, 5.41) is 0. The molecule has 0 amide bonds. The van der Waals surface area contributed by atoms with Gasteiger partial charge < -0.3 is 10.6 Å². The third kappa shape index (κ3) is 4.59. The van der Waals surface area contributed by atoms with E-state index in [1.807, 2.05) is 12.1 Å². The summed E-state index contributed by atoms with van der Waals surface area (Å²) in [5.74, 6) is 1.48. The van der Waals surface area contributed by atoms with E-state index < -0.39 is 0 Å². The summed E-state index contributed by atoms with van der Waals surface area (Å²) in [4.78, 5) is 7.76. The molecule has 0 bridgehead atoms. The van der Waals surface area contributed by atoms with E-state index >= 15 is 0 Å². The molecule has 0 saturated carbocycles. The molecular formula is C12H19ClIN3S. The van der Waals surface area contributed by atoms with Gasteiger partial charge in [-0.25, -0.2) is 4.99 Å². The predicted molar refractivity (Wildman–Crippen MR) is 90.0 cm³/mol. The van der Waals surface area contributed by atoms with Crippen molar-refractivity contribution in [1.82, 2.24) is 4.90 Å². The smallest absolute Gasteiger partial charge is 0.191 e. The van der Waals surface area contributed by atoms with Gasteiger partial charge in [-0.1, -0.05) is 18.5 Å². The normalized spacial score (nSPS) is 17.7. The molecule has 6 heteroatoms. The highest BCUT2D eigenvalue weighted by Crippen LogP contribution is 2.22. The topological polar surface area (TPSA) is 41.6 Å². The molecule has 2 heterocycles. The van der Waals surface area contributed by atoms with E-state index in [0.717, 1.165) is 28.2 Å². The van der Waals surface area contributed by atoms with Gasteiger partial charge in [0.1, 0.15) is 0 Å². The lowest BCUT2D eigenvalue weighted by Crippen LogP contribution is -2.42. The van der Waals surface area contributed by atoms with E-state index in [2.05, 4.69) is 16.8 Å². The number of thiophene rings is 1. The molecule has 102 valence electrons. The van der Waals surface area contributed by atoms with Crippen LogP contribution in [0.4, 0.5) is 0 Å². The monoisotopic (exact) mass is 399 g/mol. The number of aliphatic imine (C=N–C) groups is 1. The minimum Gasteiger partial charge on any atom is -0.370 e. The molecule has 3 nitrogen and oxygen atoms in total. The number of likely N-dealkylation sites (tertiary alicyclic amines) is 1. The predicted octanol–water partition coefficient (Wildman–Crippen LogP) is 3.57. The average molecular weight is 400 g/mol. The molecule has 0 unspecified atom stereocenters. The summed E-state index contributed by atoms with van der Waals surface area (Å²) in [6.07, 6.45) is 2.42. The van der Waals surface area contributed by atoms with E-state index in [4.69, 9.17) is 17.3 Å². The van der Waals surface area contributed by atoms with E-state index in [-0.39, 0.29) is 24.0 Å². The maximum atomic E-state index is 6.00. The summed E-state index contributed by atoms with van der Waals surface area (Å²) < 4.78 is 0.806. The van der Waals surface area contributed by atoms with Crippen LogP contribution in [0, 0.1) is 5.92 Å². The zero-order valence-electron chi connectivity index (χ0n) is 10.4. The SMILES string of the molecule is CC1CCN(C(N)=NCc2ccc(Cl)s2)CC1.I. The fourth-order valence-electron chi connectivity index (χ4n) is 1.93. The highest BCUT2D eigenvalue weighted by molar-refractivity contribution is 14.0. The van der Waals surface area contributed by atoms with Crippen LogP contribution in [-0.2, 0) is 6.54 Å². The summed E-state index contributed by atoms with van der Waals surface area (Å²) in [7, 11) is 0. The minimum atomic E-state index is 0. The Labute approximate surface area is 134 Å². The highest BCUT2D eigenvalue weighted by Gasteiger charge is 2.16. The maximum absolute atomic E-state index is 6.00. The number of nitrogens with two attached hydrogens (primary N) is 1. The number of piperidine rings is 1. The molecule has 1 aliphatic heterocycles. The van der Waals surface area contributed by atoms with Gasteiger partial charge in [0.05, 0.1) is 10.9 Å². The molecular weight excluding hydrogens is 381 g/mol. The Kier molecular flexibility index (Phi) is 6.73. The molecule has 2 rings (SSSR count). The molecule has 0 spiro atoms. The molecule has 0 radical (unpaired) electrons. The number of hydrogen-bond acceptors (Lipinski definition) is 2. The quantitative estimate of drug-likeness (QED) is 0.469. The third-order valence-electron chi connectivity index (χ3n) is 3.13. The fourth-order valence-corrected chi connectivity index (χ4v) is 2.95. The minimum absolute atomic E-state index is 0. The van der Waals surface area contributed by atoms with Crippen molar-refractivity contribution >= 4 is 52.9 Å². The Bertz CT molecular complexity index is 400. The van der Waals surface area contributed by atoms with Crippen molar-refractivity contribution in [2.45, 2.75) is 26.3 Å². The number of guanidine groups is 1. The van der Waals surface area contributed by atoms with Gasteiger partial charge in [0.25, 0.3) is 0 Å². The first kappa shape index (κ1) is 16.0. The van der Waals surface area contributed by atoms with Gasteiger partial charge in [-0.2, -0.15) is 0 Å². The Morgan fingerprint density at radius 3 is 2.72 bits per heavy atom. The van der Waals surface area contributed by atoms with Crippen LogP contribution < -0.4 is 5.73 Å². The first-order valence-electron chi connectivity index (χ1n) is 5.94. The van der Waals surface area contributed by atoms with Crippen molar-refractivity contribution in [3.8, 4) is 0 Å². The van der Waals surface area contributed by atoms with Crippen molar-refractivity contribution in [3.05, 3.63) is 21.3 Å². The van der Waals surface area contributed by atoms with Crippen LogP contribution in [0.1, 0.15) is 24.6 Å². The van der Waals surface area contributed by atoms with Crippen LogP contribution in [0.15, 0.2) is 17.1 Å². The fraction of sp³-hybridized carbons (Fsp3) is 0.583. The van der Waals surface area contributed by atoms with E-state index in [9.17, 15) is 0 Å². The molecule has 0 aliphatic carbocycles. The number of nitrogens with zero attached hydrogens (tertiary/aromatic N) is 2. The van der Waals surface area contributed by atoms with Crippen LogP contribution >= 0.6 is 46.9 Å². The molecule has 0 aromatic carbocycles. The molecule has 1 saturated heterocycles. The van der Waals surface area contributed by atoms with Crippen molar-refractivity contribution in [2.75, 3.05) is 13.1 Å². The van der Waals surface area contributed by atoms with Crippen LogP contribution in [0.5, 0.6) is 0 Å². The zero-order valence-corrected chi connectivity index (χ0v) is 14.3. The van der Waals surface area contributed by atoms with E-state index in [1.54, 1.807) is 11.3 Å². The number of hydrogen-bond donors (Lipinski definition) is 1. The van der Waals surface area contributed by atoms with Gasteiger partial charge in [-0.15, -0.1) is 35.3 Å². The maximum Gasteiger partial charge on any atom is 0.191 e. The molecule has 1 aromatic heterocycles. The molecule has 0 atom stereocenters. The summed E-state index contributed by atoms with van der Waals surface area (Å²) in [6, 6.07) is 3.90. The molecule has 18 heavy (non-hydrogen) atoms. The standard InChI is InChI=1S/C12H18ClN3S.HI/c1-9-4-6-16(7-5-9)12(14)15-8-10-2-3-11(13)17-10;/h2-3,9H,4-8H2,1H3,(H2,14,15);1H. The number of halogens is 2. The largest absolute Gasteiger partial charge is 0.370 e. The summed E-state index contributed by atoms with van der Waals surface area (Å²) >= 11 is 7.43. The van der Waals surface area contributed by atoms with Gasteiger partial charge in [-0.05, 0) is 30.9 Å². The van der Waals surface area contributed by atoms with Crippen LogP contribution in [0.3, 0.4) is 0 Å². The first-order chi connectivity index (χ1) is 8.15. The Morgan fingerprint density at radius 2 is 2.17 bits per heavy atom. The van der Waals surface area contributed by atoms with Gasteiger partial charge in [0, 0.05) is 18.0 Å². The lowest BCUT2D eigenvalue weighted by molar-refractivity contribution is 0.277. The van der Waals surface area contributed by atoms with Crippen LogP contribution in [0.25, 0.3) is 0 Å². The second-order valence-electron chi connectivity index (χ2n) is 4.55. The van der Waals surface area contributed by atoms with E-state index in [1.165, 1.54) is 12.8 Å².